The van der Waals surface area contributed by atoms with E-state index in [9.17, 15) is 0 Å². The van der Waals surface area contributed by atoms with Gasteiger partial charge < -0.3 is 4.74 Å². The molecule has 0 fully saturated rings. The molecule has 1 heterocycles. The van der Waals surface area contributed by atoms with E-state index in [4.69, 9.17) is 51.1 Å². The number of hydrogen-bond acceptors (Lipinski definition) is 2. The number of nitrogens with zero attached hydrogens (tertiary/aromatic N) is 2. The van der Waals surface area contributed by atoms with E-state index in [1.54, 1.807) is 12.1 Å². The molecule has 0 aliphatic heterocycles. The normalized spacial score (nSPS) is 11.0. The lowest BCUT2D eigenvalue weighted by Gasteiger charge is -2.13. The van der Waals surface area contributed by atoms with Crippen LogP contribution >= 0.6 is 46.4 Å². The summed E-state index contributed by atoms with van der Waals surface area (Å²) in [6.45, 7) is 4.82. The van der Waals surface area contributed by atoms with Crippen molar-refractivity contribution >= 4 is 46.4 Å². The van der Waals surface area contributed by atoms with Crippen LogP contribution in [0.5, 0.6) is 5.75 Å². The Labute approximate surface area is 143 Å². The van der Waals surface area contributed by atoms with Crippen LogP contribution in [0.25, 0.3) is 0 Å². The quantitative estimate of drug-likeness (QED) is 0.653. The Morgan fingerprint density at radius 3 is 2.57 bits per heavy atom. The molecule has 0 amide bonds. The van der Waals surface area contributed by atoms with Crippen molar-refractivity contribution < 1.29 is 4.74 Å². The summed E-state index contributed by atoms with van der Waals surface area (Å²) in [5, 5.41) is 5.90. The first-order valence-corrected chi connectivity index (χ1v) is 8.03. The zero-order chi connectivity index (χ0) is 15.6. The van der Waals surface area contributed by atoms with Gasteiger partial charge in [0.05, 0.1) is 27.3 Å². The van der Waals surface area contributed by atoms with Gasteiger partial charge in [-0.3, -0.25) is 4.68 Å². The molecular weight excluding hydrogens is 354 g/mol. The molecule has 1 aromatic heterocycles. The predicted octanol–water partition coefficient (Wildman–Crippen LogP) is 5.49. The van der Waals surface area contributed by atoms with Gasteiger partial charge in [-0.15, -0.1) is 11.6 Å². The van der Waals surface area contributed by atoms with Gasteiger partial charge in [0.25, 0.3) is 0 Å². The fraction of sp³-hybridized carbons (Fsp3) is 0.357. The smallest absolute Gasteiger partial charge is 0.142 e. The van der Waals surface area contributed by atoms with E-state index in [1.165, 1.54) is 0 Å². The third-order valence-electron chi connectivity index (χ3n) is 3.04. The molecule has 0 saturated heterocycles. The monoisotopic (exact) mass is 366 g/mol. The summed E-state index contributed by atoms with van der Waals surface area (Å²) in [5.41, 5.74) is 2.32. The van der Waals surface area contributed by atoms with Gasteiger partial charge in [-0.25, -0.2) is 0 Å². The minimum atomic E-state index is 0.259. The van der Waals surface area contributed by atoms with Crippen molar-refractivity contribution in [1.29, 1.82) is 0 Å². The summed E-state index contributed by atoms with van der Waals surface area (Å²) in [4.78, 5) is 0. The van der Waals surface area contributed by atoms with Gasteiger partial charge in [0.1, 0.15) is 12.4 Å². The molecule has 1 aromatic carbocycles. The van der Waals surface area contributed by atoms with E-state index < -0.39 is 0 Å². The fourth-order valence-corrected chi connectivity index (χ4v) is 3.00. The van der Waals surface area contributed by atoms with Crippen molar-refractivity contribution in [3.05, 3.63) is 44.2 Å². The molecule has 2 rings (SSSR count). The molecule has 21 heavy (non-hydrogen) atoms. The molecule has 0 aliphatic rings. The Bertz CT molecular complexity index is 655. The van der Waals surface area contributed by atoms with Crippen LogP contribution in [0.2, 0.25) is 15.1 Å². The van der Waals surface area contributed by atoms with Gasteiger partial charge in [-0.1, -0.05) is 34.8 Å². The maximum atomic E-state index is 6.25. The van der Waals surface area contributed by atoms with Gasteiger partial charge in [0.15, 0.2) is 0 Å². The zero-order valence-corrected chi connectivity index (χ0v) is 14.6. The predicted molar refractivity (Wildman–Crippen MR) is 88.0 cm³/mol. The molecule has 0 saturated carbocycles. The highest BCUT2D eigenvalue weighted by Gasteiger charge is 2.16. The SMILES string of the molecule is CCn1nc(C)c(Cl)c1COc1c(Cl)cc(Cl)cc1CCl. The standard InChI is InChI=1S/C14H14Cl4N2O/c1-3-20-12(13(18)8(2)19-20)7-21-14-9(6-15)4-10(16)5-11(14)17/h4-5H,3,6-7H2,1-2H3. The van der Waals surface area contributed by atoms with Crippen LogP contribution in [0, 0.1) is 6.92 Å². The second kappa shape index (κ2) is 7.10. The zero-order valence-electron chi connectivity index (χ0n) is 11.6. The lowest BCUT2D eigenvalue weighted by molar-refractivity contribution is 0.290. The molecular formula is C14H14Cl4N2O. The van der Waals surface area contributed by atoms with Crippen LogP contribution in [-0.4, -0.2) is 9.78 Å². The number of hydrogen-bond donors (Lipinski definition) is 0. The van der Waals surface area contributed by atoms with Crippen molar-refractivity contribution in [1.82, 2.24) is 9.78 Å². The van der Waals surface area contributed by atoms with Gasteiger partial charge in [-0.2, -0.15) is 5.10 Å². The highest BCUT2D eigenvalue weighted by molar-refractivity contribution is 6.36. The van der Waals surface area contributed by atoms with Gasteiger partial charge >= 0.3 is 0 Å². The lowest BCUT2D eigenvalue weighted by atomic mass is 10.2. The van der Waals surface area contributed by atoms with Crippen molar-refractivity contribution in [2.75, 3.05) is 0 Å². The molecule has 3 nitrogen and oxygen atoms in total. The van der Waals surface area contributed by atoms with Gasteiger partial charge in [0, 0.05) is 17.1 Å². The molecule has 0 unspecified atom stereocenters. The largest absolute Gasteiger partial charge is 0.485 e. The molecule has 0 N–H and O–H groups in total. The molecule has 0 spiro atoms. The first-order chi connectivity index (χ1) is 9.97. The van der Waals surface area contributed by atoms with E-state index in [-0.39, 0.29) is 12.5 Å². The second-order valence-corrected chi connectivity index (χ2v) is 5.95. The summed E-state index contributed by atoms with van der Waals surface area (Å²) < 4.78 is 7.62. The highest BCUT2D eigenvalue weighted by atomic mass is 35.5. The molecule has 2 aromatic rings. The number of benzene rings is 1. The van der Waals surface area contributed by atoms with Crippen LogP contribution in [0.15, 0.2) is 12.1 Å². The molecule has 0 aliphatic carbocycles. The van der Waals surface area contributed by atoms with Gasteiger partial charge in [-0.05, 0) is 26.0 Å². The van der Waals surface area contributed by atoms with E-state index in [0.29, 0.717) is 27.4 Å². The maximum Gasteiger partial charge on any atom is 0.142 e. The van der Waals surface area contributed by atoms with Crippen molar-refractivity contribution in [3.8, 4) is 5.75 Å². The minimum absolute atomic E-state index is 0.259. The Kier molecular flexibility index (Phi) is 5.67. The van der Waals surface area contributed by atoms with Crippen molar-refractivity contribution in [3.63, 3.8) is 0 Å². The Balaban J connectivity index is 2.29. The minimum Gasteiger partial charge on any atom is -0.485 e. The molecule has 0 bridgehead atoms. The van der Waals surface area contributed by atoms with Crippen LogP contribution in [0.3, 0.4) is 0 Å². The Morgan fingerprint density at radius 2 is 1.95 bits per heavy atom. The summed E-state index contributed by atoms with van der Waals surface area (Å²) in [5.74, 6) is 0.781. The van der Waals surface area contributed by atoms with Crippen LogP contribution in [0.1, 0.15) is 23.9 Å². The number of rotatable bonds is 5. The number of ether oxygens (including phenoxy) is 1. The van der Waals surface area contributed by atoms with Crippen LogP contribution in [-0.2, 0) is 19.0 Å². The molecule has 0 atom stereocenters. The van der Waals surface area contributed by atoms with Crippen LogP contribution in [0.4, 0.5) is 0 Å². The lowest BCUT2D eigenvalue weighted by Crippen LogP contribution is -2.07. The highest BCUT2D eigenvalue weighted by Crippen LogP contribution is 2.34. The average molecular weight is 368 g/mol. The topological polar surface area (TPSA) is 27.1 Å². The fourth-order valence-electron chi connectivity index (χ4n) is 2.02. The third-order valence-corrected chi connectivity index (χ3v) is 4.31. The van der Waals surface area contributed by atoms with Crippen molar-refractivity contribution in [2.24, 2.45) is 0 Å². The summed E-state index contributed by atoms with van der Waals surface area (Å²) in [6, 6.07) is 3.36. The first kappa shape index (κ1) is 16.8. The maximum absolute atomic E-state index is 6.25. The third kappa shape index (κ3) is 3.59. The molecule has 114 valence electrons. The van der Waals surface area contributed by atoms with Crippen LogP contribution < -0.4 is 4.74 Å². The Hall–Kier alpha value is -0.610. The Morgan fingerprint density at radius 1 is 1.24 bits per heavy atom. The van der Waals surface area contributed by atoms with Gasteiger partial charge in [0.2, 0.25) is 0 Å². The summed E-state index contributed by atoms with van der Waals surface area (Å²) in [6.07, 6.45) is 0. The van der Waals surface area contributed by atoms with E-state index in [0.717, 1.165) is 17.0 Å². The van der Waals surface area contributed by atoms with Crippen molar-refractivity contribution in [2.45, 2.75) is 32.9 Å². The average Bonchev–Trinajstić information content (AvgIpc) is 2.72. The van der Waals surface area contributed by atoms with E-state index in [2.05, 4.69) is 5.10 Å². The number of aromatic nitrogens is 2. The number of halogens is 4. The number of aryl methyl sites for hydroxylation is 2. The number of alkyl halides is 1. The molecule has 7 heteroatoms. The summed E-state index contributed by atoms with van der Waals surface area (Å²) in [7, 11) is 0. The second-order valence-electron chi connectivity index (χ2n) is 4.46. The molecule has 0 radical (unpaired) electrons. The first-order valence-electron chi connectivity index (χ1n) is 6.36. The summed E-state index contributed by atoms with van der Waals surface area (Å²) >= 11 is 24.3. The van der Waals surface area contributed by atoms with E-state index >= 15 is 0 Å². The van der Waals surface area contributed by atoms with E-state index in [1.807, 2.05) is 18.5 Å².